The highest BCUT2D eigenvalue weighted by molar-refractivity contribution is 5.52. The lowest BCUT2D eigenvalue weighted by atomic mass is 10.0. The third-order valence-electron chi connectivity index (χ3n) is 4.20. The molecule has 1 unspecified atom stereocenters. The predicted molar refractivity (Wildman–Crippen MR) is 85.8 cm³/mol. The number of nitrogens with one attached hydrogen (secondary N) is 1. The molecule has 3 aromatic rings. The largest absolute Gasteiger partial charge is 0.471 e. The third-order valence-corrected chi connectivity index (χ3v) is 4.20. The van der Waals surface area contributed by atoms with Crippen LogP contribution in [0.25, 0.3) is 11.4 Å². The molecule has 2 heterocycles. The van der Waals surface area contributed by atoms with E-state index in [4.69, 9.17) is 0 Å². The highest BCUT2D eigenvalue weighted by Crippen LogP contribution is 2.43. The van der Waals surface area contributed by atoms with Crippen LogP contribution in [-0.4, -0.2) is 20.1 Å². The Morgan fingerprint density at radius 3 is 2.41 bits per heavy atom. The Labute approximate surface area is 150 Å². The van der Waals surface area contributed by atoms with Gasteiger partial charge in [0, 0.05) is 18.0 Å². The van der Waals surface area contributed by atoms with Gasteiger partial charge in [-0.05, 0) is 24.8 Å². The molecule has 2 aromatic heterocycles. The molecule has 0 spiro atoms. The fraction of sp³-hybridized carbons (Fsp3) is 0.294. The van der Waals surface area contributed by atoms with Gasteiger partial charge in [0.25, 0.3) is 0 Å². The number of hydrogen-bond donors (Lipinski definition) is 1. The van der Waals surface area contributed by atoms with Crippen LogP contribution in [0.4, 0.5) is 23.5 Å². The molecular weight excluding hydrogens is 366 g/mol. The van der Waals surface area contributed by atoms with Crippen molar-refractivity contribution in [3.05, 3.63) is 53.9 Å². The van der Waals surface area contributed by atoms with Gasteiger partial charge in [0.1, 0.15) is 5.82 Å². The first-order valence-corrected chi connectivity index (χ1v) is 8.16. The van der Waals surface area contributed by atoms with Gasteiger partial charge >= 0.3 is 12.1 Å². The second kappa shape index (κ2) is 6.60. The summed E-state index contributed by atoms with van der Waals surface area (Å²) in [5, 5.41) is 6.38. The molecular formula is C17H13F4N5O. The zero-order valence-corrected chi connectivity index (χ0v) is 13.7. The molecule has 10 heteroatoms. The Morgan fingerprint density at radius 2 is 1.81 bits per heavy atom. The average Bonchev–Trinajstić information content (AvgIpc) is 3.35. The molecule has 4 rings (SSSR count). The van der Waals surface area contributed by atoms with Crippen molar-refractivity contribution in [3.63, 3.8) is 0 Å². The summed E-state index contributed by atoms with van der Waals surface area (Å²) in [5.41, 5.74) is 0.703. The van der Waals surface area contributed by atoms with Crippen LogP contribution in [0, 0.1) is 11.7 Å². The quantitative estimate of drug-likeness (QED) is 0.668. The van der Waals surface area contributed by atoms with E-state index in [0.717, 1.165) is 12.8 Å². The maximum Gasteiger partial charge on any atom is 0.471 e. The summed E-state index contributed by atoms with van der Waals surface area (Å²) in [6, 6.07) is 6.20. The lowest BCUT2D eigenvalue weighted by Crippen LogP contribution is -2.16. The number of alkyl halides is 3. The maximum absolute atomic E-state index is 14.1. The minimum Gasteiger partial charge on any atom is -0.347 e. The third kappa shape index (κ3) is 3.74. The number of aromatic nitrogens is 4. The van der Waals surface area contributed by atoms with E-state index < -0.39 is 12.1 Å². The van der Waals surface area contributed by atoms with Crippen molar-refractivity contribution in [1.29, 1.82) is 0 Å². The predicted octanol–water partition coefficient (Wildman–Crippen LogP) is 4.25. The topological polar surface area (TPSA) is 76.7 Å². The molecule has 0 radical (unpaired) electrons. The molecule has 0 saturated heterocycles. The molecule has 1 aliphatic rings. The van der Waals surface area contributed by atoms with Crippen LogP contribution in [0.15, 0.2) is 41.2 Å². The number of benzene rings is 1. The number of anilines is 1. The molecule has 6 nitrogen and oxygen atoms in total. The fourth-order valence-corrected chi connectivity index (χ4v) is 2.72. The summed E-state index contributed by atoms with van der Waals surface area (Å²) in [6.45, 7) is 0. The van der Waals surface area contributed by atoms with Gasteiger partial charge in [0.05, 0.1) is 11.6 Å². The monoisotopic (exact) mass is 379 g/mol. The van der Waals surface area contributed by atoms with Gasteiger partial charge in [-0.1, -0.05) is 23.4 Å². The summed E-state index contributed by atoms with van der Waals surface area (Å²) in [7, 11) is 0. The van der Waals surface area contributed by atoms with Crippen LogP contribution in [0.5, 0.6) is 0 Å². The van der Waals surface area contributed by atoms with Crippen molar-refractivity contribution in [1.82, 2.24) is 20.1 Å². The summed E-state index contributed by atoms with van der Waals surface area (Å²) in [6.07, 6.45) is -0.220. The van der Waals surface area contributed by atoms with Gasteiger partial charge in [-0.15, -0.1) is 0 Å². The first-order chi connectivity index (χ1) is 12.9. The molecule has 140 valence electrons. The smallest absolute Gasteiger partial charge is 0.347 e. The van der Waals surface area contributed by atoms with Gasteiger partial charge in [-0.3, -0.25) is 0 Å². The molecule has 0 amide bonds. The molecule has 27 heavy (non-hydrogen) atoms. The first kappa shape index (κ1) is 17.4. The van der Waals surface area contributed by atoms with Crippen LogP contribution >= 0.6 is 0 Å². The molecule has 1 atom stereocenters. The Balaban J connectivity index is 1.53. The Morgan fingerprint density at radius 1 is 1.11 bits per heavy atom. The lowest BCUT2D eigenvalue weighted by Gasteiger charge is -2.19. The van der Waals surface area contributed by atoms with E-state index in [1.165, 1.54) is 18.5 Å². The Bertz CT molecular complexity index is 937. The summed E-state index contributed by atoms with van der Waals surface area (Å²) in [4.78, 5) is 11.5. The van der Waals surface area contributed by atoms with Gasteiger partial charge < -0.3 is 9.84 Å². The van der Waals surface area contributed by atoms with Crippen molar-refractivity contribution in [2.75, 3.05) is 5.32 Å². The minimum atomic E-state index is -4.72. The van der Waals surface area contributed by atoms with E-state index in [0.29, 0.717) is 5.56 Å². The van der Waals surface area contributed by atoms with Crippen LogP contribution in [0.3, 0.4) is 0 Å². The van der Waals surface area contributed by atoms with Gasteiger partial charge in [-0.25, -0.2) is 14.4 Å². The van der Waals surface area contributed by atoms with E-state index in [2.05, 4.69) is 29.9 Å². The number of nitrogens with zero attached hydrogens (tertiary/aromatic N) is 4. The Kier molecular flexibility index (Phi) is 4.25. The summed E-state index contributed by atoms with van der Waals surface area (Å²) < 4.78 is 55.9. The van der Waals surface area contributed by atoms with E-state index in [1.807, 2.05) is 0 Å². The van der Waals surface area contributed by atoms with Crippen LogP contribution in [0.2, 0.25) is 0 Å². The second-order valence-corrected chi connectivity index (χ2v) is 6.20. The van der Waals surface area contributed by atoms with Gasteiger partial charge in [0.15, 0.2) is 0 Å². The molecule has 1 aliphatic carbocycles. The normalized spacial score (nSPS) is 15.6. The summed E-state index contributed by atoms with van der Waals surface area (Å²) in [5.74, 6) is -1.50. The van der Waals surface area contributed by atoms with E-state index in [-0.39, 0.29) is 35.1 Å². The molecule has 1 saturated carbocycles. The number of rotatable bonds is 5. The molecule has 1 N–H and O–H groups in total. The molecule has 1 aromatic carbocycles. The van der Waals surface area contributed by atoms with Crippen molar-refractivity contribution >= 4 is 5.95 Å². The highest BCUT2D eigenvalue weighted by atomic mass is 19.4. The number of halogens is 4. The standard InChI is InChI=1S/C17H13F4N5O/c18-12-4-2-1-3-11(12)13(9-5-6-9)24-16-22-7-10(8-23-16)14-25-15(27-26-14)17(19,20)21/h1-4,7-9,13H,5-6H2,(H,22,23,24). The Hall–Kier alpha value is -3.04. The van der Waals surface area contributed by atoms with Gasteiger partial charge in [0.2, 0.25) is 11.8 Å². The van der Waals surface area contributed by atoms with E-state index in [1.54, 1.807) is 18.2 Å². The fourth-order valence-electron chi connectivity index (χ4n) is 2.72. The average molecular weight is 379 g/mol. The first-order valence-electron chi connectivity index (χ1n) is 8.16. The lowest BCUT2D eigenvalue weighted by molar-refractivity contribution is -0.159. The summed E-state index contributed by atoms with van der Waals surface area (Å²) >= 11 is 0. The van der Waals surface area contributed by atoms with Crippen LogP contribution < -0.4 is 5.32 Å². The second-order valence-electron chi connectivity index (χ2n) is 6.20. The van der Waals surface area contributed by atoms with Crippen molar-refractivity contribution in [2.45, 2.75) is 25.1 Å². The van der Waals surface area contributed by atoms with E-state index in [9.17, 15) is 17.6 Å². The maximum atomic E-state index is 14.1. The molecule has 0 bridgehead atoms. The van der Waals surface area contributed by atoms with Gasteiger partial charge in [-0.2, -0.15) is 18.2 Å². The SMILES string of the molecule is Fc1ccccc1C(Nc1ncc(-c2noc(C(F)(F)F)n2)cn1)C1CC1. The highest BCUT2D eigenvalue weighted by Gasteiger charge is 2.38. The van der Waals surface area contributed by atoms with Crippen molar-refractivity contribution in [3.8, 4) is 11.4 Å². The van der Waals surface area contributed by atoms with Crippen molar-refractivity contribution < 1.29 is 22.1 Å². The van der Waals surface area contributed by atoms with E-state index >= 15 is 0 Å². The molecule has 0 aliphatic heterocycles. The van der Waals surface area contributed by atoms with Crippen molar-refractivity contribution in [2.24, 2.45) is 5.92 Å². The minimum absolute atomic E-state index is 0.175. The van der Waals surface area contributed by atoms with Crippen LogP contribution in [0.1, 0.15) is 30.3 Å². The zero-order chi connectivity index (χ0) is 19.0. The number of hydrogen-bond acceptors (Lipinski definition) is 6. The zero-order valence-electron chi connectivity index (χ0n) is 13.7. The van der Waals surface area contributed by atoms with Crippen LogP contribution in [-0.2, 0) is 6.18 Å². The molecule has 1 fully saturated rings.